The van der Waals surface area contributed by atoms with Gasteiger partial charge in [0, 0.05) is 17.3 Å². The van der Waals surface area contributed by atoms with Gasteiger partial charge in [0.2, 0.25) is 6.79 Å². The monoisotopic (exact) mass is 531 g/mol. The van der Waals surface area contributed by atoms with Crippen LogP contribution in [-0.4, -0.2) is 43.9 Å². The van der Waals surface area contributed by atoms with Crippen LogP contribution in [0.15, 0.2) is 60.2 Å². The number of aliphatic hydroxyl groups excluding tert-OH is 1. The third-order valence-electron chi connectivity index (χ3n) is 6.61. The number of amides is 1. The molecule has 0 saturated carbocycles. The zero-order chi connectivity index (χ0) is 27.8. The lowest BCUT2D eigenvalue weighted by Crippen LogP contribution is -2.29. The summed E-state index contributed by atoms with van der Waals surface area (Å²) in [6, 6.07) is 14.3. The minimum absolute atomic E-state index is 0.0276. The molecule has 0 spiro atoms. The van der Waals surface area contributed by atoms with Crippen LogP contribution in [-0.2, 0) is 9.59 Å². The summed E-state index contributed by atoms with van der Waals surface area (Å²) in [6.07, 6.45) is -0.0276. The van der Waals surface area contributed by atoms with E-state index in [1.165, 1.54) is 19.1 Å². The van der Waals surface area contributed by atoms with Gasteiger partial charge in [-0.25, -0.2) is 0 Å². The highest BCUT2D eigenvalue weighted by molar-refractivity contribution is 6.51. The summed E-state index contributed by atoms with van der Waals surface area (Å²) in [7, 11) is 3.02. The number of hydrogen-bond donors (Lipinski definition) is 1. The van der Waals surface area contributed by atoms with E-state index in [0.29, 0.717) is 45.6 Å². The van der Waals surface area contributed by atoms with Gasteiger partial charge in [0.1, 0.15) is 11.5 Å². The molecule has 2 heterocycles. The summed E-state index contributed by atoms with van der Waals surface area (Å²) in [5, 5.41) is 11.5. The quantitative estimate of drug-likeness (QED) is 0.254. The molecule has 3 aromatic rings. The molecule has 1 saturated heterocycles. The van der Waals surface area contributed by atoms with Gasteiger partial charge in [-0.1, -0.05) is 6.07 Å². The number of Topliss-reactive ketones (excluding diaryl/α,β-unsaturated/α-hetero) is 1. The molecule has 0 radical (unpaired) electrons. The molecule has 1 N–H and O–H groups in total. The smallest absolute Gasteiger partial charge is 0.300 e. The van der Waals surface area contributed by atoms with E-state index in [1.54, 1.807) is 54.6 Å². The van der Waals surface area contributed by atoms with E-state index < -0.39 is 17.7 Å². The Morgan fingerprint density at radius 3 is 2.33 bits per heavy atom. The zero-order valence-corrected chi connectivity index (χ0v) is 22.3. The lowest BCUT2D eigenvalue weighted by molar-refractivity contribution is -0.132. The first-order chi connectivity index (χ1) is 18.7. The second-order valence-electron chi connectivity index (χ2n) is 9.47. The van der Waals surface area contributed by atoms with Gasteiger partial charge in [0.05, 0.1) is 31.9 Å². The molecule has 9 nitrogen and oxygen atoms in total. The molecule has 1 atom stereocenters. The average Bonchev–Trinajstić information content (AvgIpc) is 3.50. The standard InChI is InChI=1S/C30H29NO8/c1-16(2)39-21-9-7-19(12-17(21)3)28(32)26-27(18-6-10-22(35-4)24(13-18)36-5)31(30(34)29(26)33)20-8-11-23-25(14-20)38-15-37-23/h6-14,16,27,32H,15H2,1-5H3/b28-26+. The number of nitrogens with zero attached hydrogens (tertiary/aromatic N) is 1. The molecule has 39 heavy (non-hydrogen) atoms. The van der Waals surface area contributed by atoms with E-state index in [0.717, 1.165) is 5.56 Å². The van der Waals surface area contributed by atoms with Gasteiger partial charge in [0.25, 0.3) is 11.7 Å². The van der Waals surface area contributed by atoms with Crippen molar-refractivity contribution in [1.82, 2.24) is 0 Å². The first-order valence-corrected chi connectivity index (χ1v) is 12.4. The predicted molar refractivity (Wildman–Crippen MR) is 144 cm³/mol. The fourth-order valence-electron chi connectivity index (χ4n) is 4.81. The Labute approximate surface area is 226 Å². The molecule has 1 amide bonds. The van der Waals surface area contributed by atoms with Crippen molar-refractivity contribution in [3.8, 4) is 28.7 Å². The van der Waals surface area contributed by atoms with Crippen LogP contribution < -0.4 is 28.6 Å². The Bertz CT molecular complexity index is 1490. The molecule has 0 aromatic heterocycles. The van der Waals surface area contributed by atoms with E-state index in [4.69, 9.17) is 23.7 Å². The van der Waals surface area contributed by atoms with Crippen LogP contribution in [0.1, 0.15) is 36.6 Å². The topological polar surface area (TPSA) is 104 Å². The summed E-state index contributed by atoms with van der Waals surface area (Å²) in [5.74, 6) is 0.662. The van der Waals surface area contributed by atoms with E-state index in [9.17, 15) is 14.7 Å². The second kappa shape index (κ2) is 10.2. The van der Waals surface area contributed by atoms with Gasteiger partial charge in [0.15, 0.2) is 23.0 Å². The highest BCUT2D eigenvalue weighted by Gasteiger charge is 2.47. The van der Waals surface area contributed by atoms with Crippen molar-refractivity contribution in [2.75, 3.05) is 25.9 Å². The van der Waals surface area contributed by atoms with Gasteiger partial charge >= 0.3 is 0 Å². The molecular weight excluding hydrogens is 502 g/mol. The van der Waals surface area contributed by atoms with Crippen LogP contribution in [0, 0.1) is 6.92 Å². The van der Waals surface area contributed by atoms with Crippen LogP contribution >= 0.6 is 0 Å². The number of fused-ring (bicyclic) bond motifs is 1. The molecular formula is C30H29NO8. The highest BCUT2D eigenvalue weighted by Crippen LogP contribution is 2.46. The normalized spacial score (nSPS) is 17.6. The van der Waals surface area contributed by atoms with Crippen LogP contribution in [0.5, 0.6) is 28.7 Å². The third-order valence-corrected chi connectivity index (χ3v) is 6.61. The van der Waals surface area contributed by atoms with Crippen molar-refractivity contribution >= 4 is 23.1 Å². The maximum atomic E-state index is 13.6. The SMILES string of the molecule is COc1ccc(C2/C(=C(\O)c3ccc(OC(C)C)c(C)c3)C(=O)C(=O)N2c2ccc3c(c2)OCO3)cc1OC. The number of aliphatic hydroxyl groups is 1. The maximum absolute atomic E-state index is 13.6. The van der Waals surface area contributed by atoms with E-state index in [-0.39, 0.29) is 24.2 Å². The number of ketones is 1. The molecule has 0 aliphatic carbocycles. The maximum Gasteiger partial charge on any atom is 0.300 e. The van der Waals surface area contributed by atoms with Gasteiger partial charge in [-0.2, -0.15) is 0 Å². The van der Waals surface area contributed by atoms with Crippen LogP contribution in [0.2, 0.25) is 0 Å². The van der Waals surface area contributed by atoms with Crippen molar-refractivity contribution in [1.29, 1.82) is 0 Å². The summed E-state index contributed by atoms with van der Waals surface area (Å²) >= 11 is 0. The van der Waals surface area contributed by atoms with Crippen molar-refractivity contribution in [3.05, 3.63) is 76.9 Å². The average molecular weight is 532 g/mol. The number of ether oxygens (including phenoxy) is 5. The van der Waals surface area contributed by atoms with E-state index in [1.807, 2.05) is 20.8 Å². The van der Waals surface area contributed by atoms with Gasteiger partial charge in [-0.3, -0.25) is 14.5 Å². The second-order valence-corrected chi connectivity index (χ2v) is 9.47. The lowest BCUT2D eigenvalue weighted by Gasteiger charge is -2.26. The Morgan fingerprint density at radius 2 is 1.64 bits per heavy atom. The molecule has 9 heteroatoms. The first-order valence-electron chi connectivity index (χ1n) is 12.4. The number of carbonyl (C=O) groups excluding carboxylic acids is 2. The summed E-state index contributed by atoms with van der Waals surface area (Å²) < 4.78 is 27.6. The van der Waals surface area contributed by atoms with Crippen molar-refractivity contribution in [2.45, 2.75) is 32.9 Å². The number of aryl methyl sites for hydroxylation is 1. The number of anilines is 1. The number of methoxy groups -OCH3 is 2. The number of rotatable bonds is 7. The molecule has 3 aromatic carbocycles. The van der Waals surface area contributed by atoms with Gasteiger partial charge in [-0.15, -0.1) is 0 Å². The van der Waals surface area contributed by atoms with Gasteiger partial charge in [-0.05, 0) is 74.4 Å². The van der Waals surface area contributed by atoms with Gasteiger partial charge < -0.3 is 28.8 Å². The minimum atomic E-state index is -0.961. The van der Waals surface area contributed by atoms with Crippen LogP contribution in [0.25, 0.3) is 5.76 Å². The molecule has 1 unspecified atom stereocenters. The van der Waals surface area contributed by atoms with Crippen LogP contribution in [0.4, 0.5) is 5.69 Å². The lowest BCUT2D eigenvalue weighted by atomic mass is 9.94. The minimum Gasteiger partial charge on any atom is -0.507 e. The first kappa shape index (κ1) is 26.0. The van der Waals surface area contributed by atoms with Crippen LogP contribution in [0.3, 0.4) is 0 Å². The summed E-state index contributed by atoms with van der Waals surface area (Å²) in [4.78, 5) is 28.4. The summed E-state index contributed by atoms with van der Waals surface area (Å²) in [6.45, 7) is 5.76. The Morgan fingerprint density at radius 1 is 0.923 bits per heavy atom. The molecule has 202 valence electrons. The molecule has 0 bridgehead atoms. The Hall–Kier alpha value is -4.66. The number of benzene rings is 3. The molecule has 2 aliphatic heterocycles. The fraction of sp³-hybridized carbons (Fsp3) is 0.267. The molecule has 2 aliphatic rings. The number of hydrogen-bond acceptors (Lipinski definition) is 8. The highest BCUT2D eigenvalue weighted by atomic mass is 16.7. The van der Waals surface area contributed by atoms with E-state index >= 15 is 0 Å². The molecule has 1 fully saturated rings. The van der Waals surface area contributed by atoms with Crippen molar-refractivity contribution in [3.63, 3.8) is 0 Å². The zero-order valence-electron chi connectivity index (χ0n) is 22.3. The van der Waals surface area contributed by atoms with E-state index in [2.05, 4.69) is 0 Å². The Kier molecular flexibility index (Phi) is 6.82. The predicted octanol–water partition coefficient (Wildman–Crippen LogP) is 5.15. The largest absolute Gasteiger partial charge is 0.507 e. The fourth-order valence-corrected chi connectivity index (χ4v) is 4.81. The Balaban J connectivity index is 1.69. The summed E-state index contributed by atoms with van der Waals surface area (Å²) in [5.41, 5.74) is 2.07. The third kappa shape index (κ3) is 4.60. The number of carbonyl (C=O) groups is 2. The van der Waals surface area contributed by atoms with Crippen molar-refractivity contribution in [2.24, 2.45) is 0 Å². The van der Waals surface area contributed by atoms with Crippen molar-refractivity contribution < 1.29 is 38.4 Å². The molecule has 5 rings (SSSR count).